The molecular weight excluding hydrogens is 407 g/mol. The van der Waals surface area contributed by atoms with Crippen molar-refractivity contribution in [3.63, 3.8) is 0 Å². The molecular formula is C23H20Cl2N2O2. The van der Waals surface area contributed by atoms with Crippen LogP contribution in [0.4, 0.5) is 11.4 Å². The number of anilines is 2. The average molecular weight is 427 g/mol. The van der Waals surface area contributed by atoms with Crippen LogP contribution >= 0.6 is 23.2 Å². The summed E-state index contributed by atoms with van der Waals surface area (Å²) in [6.45, 7) is 2.04. The summed E-state index contributed by atoms with van der Waals surface area (Å²) in [5, 5.41) is 3.87. The number of para-hydroxylation sites is 2. The number of amides is 1. The number of nitrogens with one attached hydrogen (secondary N) is 1. The van der Waals surface area contributed by atoms with Crippen LogP contribution < -0.4 is 10.2 Å². The molecule has 0 radical (unpaired) electrons. The van der Waals surface area contributed by atoms with Gasteiger partial charge in [-0.25, -0.2) is 0 Å². The van der Waals surface area contributed by atoms with Gasteiger partial charge in [-0.2, -0.15) is 0 Å². The van der Waals surface area contributed by atoms with E-state index in [1.807, 2.05) is 36.4 Å². The monoisotopic (exact) mass is 426 g/mol. The van der Waals surface area contributed by atoms with Gasteiger partial charge >= 0.3 is 0 Å². The molecule has 4 rings (SSSR count). The molecule has 1 aliphatic heterocycles. The fourth-order valence-corrected chi connectivity index (χ4v) is 3.82. The molecule has 2 heterocycles. The molecule has 0 saturated carbocycles. The van der Waals surface area contributed by atoms with Crippen molar-refractivity contribution in [2.45, 2.75) is 12.8 Å². The van der Waals surface area contributed by atoms with Crippen LogP contribution in [0.5, 0.6) is 0 Å². The van der Waals surface area contributed by atoms with Gasteiger partial charge in [-0.15, -0.1) is 0 Å². The highest BCUT2D eigenvalue weighted by molar-refractivity contribution is 6.43. The van der Waals surface area contributed by atoms with E-state index < -0.39 is 0 Å². The average Bonchev–Trinajstić information content (AvgIpc) is 3.41. The summed E-state index contributed by atoms with van der Waals surface area (Å²) in [7, 11) is 0. The lowest BCUT2D eigenvalue weighted by molar-refractivity contribution is -0.111. The summed E-state index contributed by atoms with van der Waals surface area (Å²) < 4.78 is 5.79. The van der Waals surface area contributed by atoms with Crippen LogP contribution in [0.1, 0.15) is 18.6 Å². The summed E-state index contributed by atoms with van der Waals surface area (Å²) in [5.41, 5.74) is 2.58. The standard InChI is InChI=1S/C23H20Cl2N2O2/c24-18-7-5-6-17(23(18)25)21-12-10-16(29-21)11-13-22(28)26-19-8-1-2-9-20(19)27-14-3-4-15-27/h1-2,5-13H,3-4,14-15H2,(H,26,28). The Balaban J connectivity index is 1.46. The van der Waals surface area contributed by atoms with Crippen molar-refractivity contribution in [2.75, 3.05) is 23.3 Å². The summed E-state index contributed by atoms with van der Waals surface area (Å²) >= 11 is 12.3. The Kier molecular flexibility index (Phi) is 5.93. The second kappa shape index (κ2) is 8.76. The lowest BCUT2D eigenvalue weighted by atomic mass is 10.2. The molecule has 3 aromatic rings. The van der Waals surface area contributed by atoms with E-state index in [1.165, 1.54) is 18.9 Å². The number of carbonyl (C=O) groups excluding carboxylic acids is 1. The maximum Gasteiger partial charge on any atom is 0.248 e. The number of halogens is 2. The summed E-state index contributed by atoms with van der Waals surface area (Å²) in [6.07, 6.45) is 5.46. The van der Waals surface area contributed by atoms with Gasteiger partial charge in [0.05, 0.1) is 21.4 Å². The van der Waals surface area contributed by atoms with Crippen molar-refractivity contribution in [2.24, 2.45) is 0 Å². The van der Waals surface area contributed by atoms with Crippen LogP contribution in [0, 0.1) is 0 Å². The fraction of sp³-hybridized carbons (Fsp3) is 0.174. The van der Waals surface area contributed by atoms with Gasteiger partial charge in [0.2, 0.25) is 5.91 Å². The summed E-state index contributed by atoms with van der Waals surface area (Å²) in [6, 6.07) is 16.8. The maximum absolute atomic E-state index is 12.4. The Labute approximate surface area is 179 Å². The Morgan fingerprint density at radius 1 is 1.00 bits per heavy atom. The molecule has 0 aliphatic carbocycles. The first kappa shape index (κ1) is 19.6. The molecule has 1 N–H and O–H groups in total. The van der Waals surface area contributed by atoms with E-state index in [9.17, 15) is 4.79 Å². The molecule has 0 atom stereocenters. The van der Waals surface area contributed by atoms with Gasteiger partial charge in [-0.05, 0) is 55.3 Å². The van der Waals surface area contributed by atoms with Gasteiger partial charge < -0.3 is 14.6 Å². The molecule has 0 unspecified atom stereocenters. The molecule has 29 heavy (non-hydrogen) atoms. The third-order valence-corrected chi connectivity index (χ3v) is 5.67. The van der Waals surface area contributed by atoms with Crippen molar-refractivity contribution in [3.05, 3.63) is 76.5 Å². The zero-order chi connectivity index (χ0) is 20.2. The molecule has 1 saturated heterocycles. The van der Waals surface area contributed by atoms with E-state index in [0.717, 1.165) is 24.5 Å². The number of benzene rings is 2. The van der Waals surface area contributed by atoms with Gasteiger partial charge in [0, 0.05) is 24.7 Å². The molecule has 0 spiro atoms. The summed E-state index contributed by atoms with van der Waals surface area (Å²) in [4.78, 5) is 14.7. The van der Waals surface area contributed by atoms with Crippen molar-refractivity contribution < 1.29 is 9.21 Å². The molecule has 0 bridgehead atoms. The second-order valence-corrected chi connectivity index (χ2v) is 7.62. The van der Waals surface area contributed by atoms with E-state index in [1.54, 1.807) is 24.3 Å². The first-order valence-corrected chi connectivity index (χ1v) is 10.2. The molecule has 4 nitrogen and oxygen atoms in total. The Morgan fingerprint density at radius 2 is 1.79 bits per heavy atom. The van der Waals surface area contributed by atoms with E-state index in [2.05, 4.69) is 10.2 Å². The fourth-order valence-electron chi connectivity index (χ4n) is 3.43. The third-order valence-electron chi connectivity index (χ3n) is 4.85. The zero-order valence-corrected chi connectivity index (χ0v) is 17.2. The third kappa shape index (κ3) is 4.50. The molecule has 1 fully saturated rings. The van der Waals surface area contributed by atoms with Crippen LogP contribution in [0.25, 0.3) is 17.4 Å². The van der Waals surface area contributed by atoms with Gasteiger partial charge in [0.15, 0.2) is 0 Å². The van der Waals surface area contributed by atoms with Gasteiger partial charge in [0.1, 0.15) is 11.5 Å². The Morgan fingerprint density at radius 3 is 2.62 bits per heavy atom. The SMILES string of the molecule is O=C(C=Cc1ccc(-c2cccc(Cl)c2Cl)o1)Nc1ccccc1N1CCCC1. The van der Waals surface area contributed by atoms with Crippen LogP contribution in [-0.2, 0) is 4.79 Å². The lowest BCUT2D eigenvalue weighted by Crippen LogP contribution is -2.20. The molecule has 1 aromatic heterocycles. The van der Waals surface area contributed by atoms with E-state index in [-0.39, 0.29) is 5.91 Å². The topological polar surface area (TPSA) is 45.5 Å². The van der Waals surface area contributed by atoms with Gasteiger partial charge in [-0.1, -0.05) is 41.4 Å². The Bertz CT molecular complexity index is 1050. The normalized spacial score (nSPS) is 13.9. The van der Waals surface area contributed by atoms with E-state index >= 15 is 0 Å². The Hall–Kier alpha value is -2.69. The smallest absolute Gasteiger partial charge is 0.248 e. The van der Waals surface area contributed by atoms with Crippen LogP contribution in [-0.4, -0.2) is 19.0 Å². The first-order chi connectivity index (χ1) is 14.1. The second-order valence-electron chi connectivity index (χ2n) is 6.84. The number of hydrogen-bond acceptors (Lipinski definition) is 3. The van der Waals surface area contributed by atoms with E-state index in [4.69, 9.17) is 27.6 Å². The first-order valence-electron chi connectivity index (χ1n) is 9.49. The minimum atomic E-state index is -0.213. The quantitative estimate of drug-likeness (QED) is 0.473. The molecule has 2 aromatic carbocycles. The van der Waals surface area contributed by atoms with Crippen molar-refractivity contribution in [1.82, 2.24) is 0 Å². The number of carbonyl (C=O) groups is 1. The zero-order valence-electron chi connectivity index (χ0n) is 15.7. The summed E-state index contributed by atoms with van der Waals surface area (Å²) in [5.74, 6) is 0.936. The molecule has 148 valence electrons. The highest BCUT2D eigenvalue weighted by atomic mass is 35.5. The predicted octanol–water partition coefficient (Wildman–Crippen LogP) is 6.51. The number of hydrogen-bond donors (Lipinski definition) is 1. The van der Waals surface area contributed by atoms with Crippen molar-refractivity contribution >= 4 is 46.6 Å². The lowest BCUT2D eigenvalue weighted by Gasteiger charge is -2.21. The molecule has 1 amide bonds. The van der Waals surface area contributed by atoms with Crippen LogP contribution in [0.3, 0.4) is 0 Å². The predicted molar refractivity (Wildman–Crippen MR) is 120 cm³/mol. The van der Waals surface area contributed by atoms with Crippen molar-refractivity contribution in [1.29, 1.82) is 0 Å². The number of rotatable bonds is 5. The van der Waals surface area contributed by atoms with E-state index in [0.29, 0.717) is 27.1 Å². The number of furan rings is 1. The van der Waals surface area contributed by atoms with Crippen molar-refractivity contribution in [3.8, 4) is 11.3 Å². The van der Waals surface area contributed by atoms with Gasteiger partial charge in [-0.3, -0.25) is 4.79 Å². The molecule has 1 aliphatic rings. The number of nitrogens with zero attached hydrogens (tertiary/aromatic N) is 1. The molecule has 6 heteroatoms. The minimum absolute atomic E-state index is 0.213. The van der Waals surface area contributed by atoms with Gasteiger partial charge in [0.25, 0.3) is 0 Å². The highest BCUT2D eigenvalue weighted by Crippen LogP contribution is 2.34. The van der Waals surface area contributed by atoms with Crippen LogP contribution in [0.2, 0.25) is 10.0 Å². The largest absolute Gasteiger partial charge is 0.457 e. The minimum Gasteiger partial charge on any atom is -0.457 e. The maximum atomic E-state index is 12.4. The van der Waals surface area contributed by atoms with Crippen LogP contribution in [0.15, 0.2) is 65.1 Å². The highest BCUT2D eigenvalue weighted by Gasteiger charge is 2.16.